The van der Waals surface area contributed by atoms with Gasteiger partial charge in [0.05, 0.1) is 7.11 Å². The topological polar surface area (TPSA) is 85.2 Å². The van der Waals surface area contributed by atoms with Crippen molar-refractivity contribution in [3.63, 3.8) is 0 Å². The normalized spacial score (nSPS) is 20.2. The van der Waals surface area contributed by atoms with Crippen LogP contribution in [0, 0.1) is 11.8 Å². The Morgan fingerprint density at radius 3 is 2.77 bits per heavy atom. The van der Waals surface area contributed by atoms with Crippen molar-refractivity contribution in [2.75, 3.05) is 20.2 Å². The third-order valence-corrected chi connectivity index (χ3v) is 6.28. The van der Waals surface area contributed by atoms with E-state index in [1.807, 2.05) is 41.0 Å². The highest BCUT2D eigenvalue weighted by molar-refractivity contribution is 5.90. The lowest BCUT2D eigenvalue weighted by Gasteiger charge is -2.25. The molecule has 0 bridgehead atoms. The molecule has 1 amide bonds. The van der Waals surface area contributed by atoms with Crippen LogP contribution in [-0.4, -0.2) is 50.8 Å². The van der Waals surface area contributed by atoms with Gasteiger partial charge in [0.2, 0.25) is 11.7 Å². The molecular formula is C23H26N6O2. The Balaban J connectivity index is 1.24. The van der Waals surface area contributed by atoms with E-state index in [1.54, 1.807) is 13.3 Å². The van der Waals surface area contributed by atoms with Gasteiger partial charge < -0.3 is 14.6 Å². The number of likely N-dealkylation sites (tertiary alicyclic amines) is 1. The van der Waals surface area contributed by atoms with Crippen LogP contribution in [0.15, 0.2) is 48.7 Å². The summed E-state index contributed by atoms with van der Waals surface area (Å²) in [6.45, 7) is 4.06. The van der Waals surface area contributed by atoms with Crippen molar-refractivity contribution < 1.29 is 9.53 Å². The number of nitrogens with one attached hydrogen (secondary N) is 1. The predicted octanol–water partition coefficient (Wildman–Crippen LogP) is 1.92. The summed E-state index contributed by atoms with van der Waals surface area (Å²) in [5.41, 5.74) is 2.16. The van der Waals surface area contributed by atoms with E-state index >= 15 is 0 Å². The van der Waals surface area contributed by atoms with E-state index < -0.39 is 0 Å². The largest absolute Gasteiger partial charge is 0.481 e. The summed E-state index contributed by atoms with van der Waals surface area (Å²) in [7, 11) is 1.66. The summed E-state index contributed by atoms with van der Waals surface area (Å²) in [5, 5.41) is 11.5. The molecule has 0 saturated carbocycles. The van der Waals surface area contributed by atoms with Gasteiger partial charge in [-0.15, -0.1) is 10.2 Å². The Morgan fingerprint density at radius 1 is 1.10 bits per heavy atom. The maximum atomic E-state index is 12.8. The van der Waals surface area contributed by atoms with Gasteiger partial charge in [-0.1, -0.05) is 36.4 Å². The van der Waals surface area contributed by atoms with E-state index in [9.17, 15) is 4.79 Å². The molecule has 1 fully saturated rings. The summed E-state index contributed by atoms with van der Waals surface area (Å²) in [6, 6.07) is 13.9. The maximum absolute atomic E-state index is 12.8. The molecule has 160 valence electrons. The maximum Gasteiger partial charge on any atom is 0.289 e. The highest BCUT2D eigenvalue weighted by atomic mass is 16.5. The van der Waals surface area contributed by atoms with Crippen molar-refractivity contribution in [3.8, 4) is 5.88 Å². The van der Waals surface area contributed by atoms with E-state index in [4.69, 9.17) is 4.74 Å². The van der Waals surface area contributed by atoms with Crippen LogP contribution in [0.3, 0.4) is 0 Å². The van der Waals surface area contributed by atoms with Crippen molar-refractivity contribution in [1.82, 2.24) is 30.0 Å². The van der Waals surface area contributed by atoms with Crippen molar-refractivity contribution in [1.29, 1.82) is 0 Å². The molecule has 1 saturated heterocycles. The SMILES string of the molecule is COc1ncccc1CN1CC2Cc3nnc(C(=O)NCc4ccccc4)n3CC2C1. The number of fused-ring (bicyclic) bond motifs is 2. The molecule has 3 aromatic rings. The van der Waals surface area contributed by atoms with Crippen LogP contribution in [0.4, 0.5) is 0 Å². The number of rotatable bonds is 6. The van der Waals surface area contributed by atoms with Crippen LogP contribution in [0.2, 0.25) is 0 Å². The molecule has 2 unspecified atom stereocenters. The highest BCUT2D eigenvalue weighted by Crippen LogP contribution is 2.33. The number of hydrogen-bond acceptors (Lipinski definition) is 6. The van der Waals surface area contributed by atoms with E-state index in [-0.39, 0.29) is 5.91 Å². The highest BCUT2D eigenvalue weighted by Gasteiger charge is 2.39. The lowest BCUT2D eigenvalue weighted by Crippen LogP contribution is -2.32. The van der Waals surface area contributed by atoms with Crippen LogP contribution < -0.4 is 10.1 Å². The number of aromatic nitrogens is 4. The monoisotopic (exact) mass is 418 g/mol. The summed E-state index contributed by atoms with van der Waals surface area (Å²) < 4.78 is 7.41. The number of amides is 1. The summed E-state index contributed by atoms with van der Waals surface area (Å²) >= 11 is 0. The van der Waals surface area contributed by atoms with Gasteiger partial charge in [-0.3, -0.25) is 9.69 Å². The number of pyridine rings is 1. The van der Waals surface area contributed by atoms with Crippen molar-refractivity contribution in [3.05, 3.63) is 71.4 Å². The Labute approximate surface area is 181 Å². The fraction of sp³-hybridized carbons (Fsp3) is 0.391. The Kier molecular flexibility index (Phi) is 5.38. The van der Waals surface area contributed by atoms with Gasteiger partial charge >= 0.3 is 0 Å². The number of carbonyl (C=O) groups excluding carboxylic acids is 1. The lowest BCUT2D eigenvalue weighted by molar-refractivity contribution is 0.0932. The number of hydrogen-bond donors (Lipinski definition) is 1. The minimum atomic E-state index is -0.170. The molecule has 4 heterocycles. The van der Waals surface area contributed by atoms with Gasteiger partial charge in [0.15, 0.2) is 0 Å². The zero-order chi connectivity index (χ0) is 21.2. The van der Waals surface area contributed by atoms with Gasteiger partial charge in [0.1, 0.15) is 5.82 Å². The van der Waals surface area contributed by atoms with Gasteiger partial charge in [0, 0.05) is 50.9 Å². The molecule has 8 nitrogen and oxygen atoms in total. The van der Waals surface area contributed by atoms with Crippen molar-refractivity contribution in [2.45, 2.75) is 26.1 Å². The number of ether oxygens (including phenoxy) is 1. The third kappa shape index (κ3) is 4.03. The summed E-state index contributed by atoms with van der Waals surface area (Å²) in [6.07, 6.45) is 2.60. The number of benzene rings is 1. The first-order valence-corrected chi connectivity index (χ1v) is 10.7. The molecule has 31 heavy (non-hydrogen) atoms. The van der Waals surface area contributed by atoms with Gasteiger partial charge in [0.25, 0.3) is 5.91 Å². The third-order valence-electron chi connectivity index (χ3n) is 6.28. The Morgan fingerprint density at radius 2 is 1.94 bits per heavy atom. The molecule has 1 N–H and O–H groups in total. The van der Waals surface area contributed by atoms with Crippen LogP contribution in [0.5, 0.6) is 5.88 Å². The molecule has 1 aromatic carbocycles. The molecule has 5 rings (SSSR count). The van der Waals surface area contributed by atoms with Crippen LogP contribution in [0.1, 0.15) is 27.6 Å². The molecule has 0 aliphatic carbocycles. The zero-order valence-corrected chi connectivity index (χ0v) is 17.6. The molecule has 0 radical (unpaired) electrons. The predicted molar refractivity (Wildman–Crippen MR) is 114 cm³/mol. The van der Waals surface area contributed by atoms with Crippen LogP contribution in [0.25, 0.3) is 0 Å². The Hall–Kier alpha value is -3.26. The molecule has 2 aliphatic rings. The molecular weight excluding hydrogens is 392 g/mol. The summed E-state index contributed by atoms with van der Waals surface area (Å²) in [5.74, 6) is 2.85. The molecule has 2 aliphatic heterocycles. The smallest absolute Gasteiger partial charge is 0.289 e. The molecule has 0 spiro atoms. The van der Waals surface area contributed by atoms with Crippen molar-refractivity contribution >= 4 is 5.91 Å². The lowest BCUT2D eigenvalue weighted by atomic mass is 9.89. The number of methoxy groups -OCH3 is 1. The summed E-state index contributed by atoms with van der Waals surface area (Å²) in [4.78, 5) is 19.5. The fourth-order valence-electron chi connectivity index (χ4n) is 4.74. The van der Waals surface area contributed by atoms with Gasteiger partial charge in [-0.05, 0) is 23.5 Å². The second-order valence-electron chi connectivity index (χ2n) is 8.31. The van der Waals surface area contributed by atoms with E-state index in [2.05, 4.69) is 31.5 Å². The van der Waals surface area contributed by atoms with Crippen molar-refractivity contribution in [2.24, 2.45) is 11.8 Å². The standard InChI is InChI=1S/C23H26N6O2/c1-31-23-17(8-5-9-24-23)12-28-13-18-10-20-26-27-21(29(20)15-19(18)14-28)22(30)25-11-16-6-3-2-4-7-16/h2-9,18-19H,10-15H2,1H3,(H,25,30). The molecule has 2 aromatic heterocycles. The number of nitrogens with zero attached hydrogens (tertiary/aromatic N) is 5. The molecule has 2 atom stereocenters. The first-order valence-electron chi connectivity index (χ1n) is 10.7. The first-order chi connectivity index (χ1) is 15.2. The van der Waals surface area contributed by atoms with E-state index in [0.29, 0.717) is 30.1 Å². The quantitative estimate of drug-likeness (QED) is 0.658. The number of carbonyl (C=O) groups is 1. The second-order valence-corrected chi connectivity index (χ2v) is 8.31. The van der Waals surface area contributed by atoms with Crippen LogP contribution in [-0.2, 0) is 26.1 Å². The molecule has 8 heteroatoms. The Bertz CT molecular complexity index is 1070. The average Bonchev–Trinajstić information content (AvgIpc) is 3.39. The minimum absolute atomic E-state index is 0.170. The van der Waals surface area contributed by atoms with E-state index in [1.165, 1.54) is 0 Å². The van der Waals surface area contributed by atoms with Gasteiger partial charge in [-0.25, -0.2) is 4.98 Å². The fourth-order valence-corrected chi connectivity index (χ4v) is 4.74. The first kappa shape index (κ1) is 19.7. The zero-order valence-electron chi connectivity index (χ0n) is 17.6. The second kappa shape index (κ2) is 8.47. The van der Waals surface area contributed by atoms with Gasteiger partial charge in [-0.2, -0.15) is 0 Å². The average molecular weight is 419 g/mol. The minimum Gasteiger partial charge on any atom is -0.481 e. The van der Waals surface area contributed by atoms with Crippen LogP contribution >= 0.6 is 0 Å². The van der Waals surface area contributed by atoms with E-state index in [0.717, 1.165) is 49.6 Å².